The number of H-pyrrole nitrogens is 1. The maximum absolute atomic E-state index is 3.50. The molecular weight excluding hydrogens is 382 g/mol. The van der Waals surface area contributed by atoms with Gasteiger partial charge in [-0.1, -0.05) is 97.1 Å². The van der Waals surface area contributed by atoms with Crippen molar-refractivity contribution in [1.82, 2.24) is 4.98 Å². The number of hydrogen-bond donors (Lipinski definition) is 1. The van der Waals surface area contributed by atoms with Gasteiger partial charge in [-0.05, 0) is 34.9 Å². The zero-order chi connectivity index (χ0) is 20.2. The number of para-hydroxylation sites is 1. The number of aromatic nitrogens is 1. The lowest BCUT2D eigenvalue weighted by atomic mass is 9.85. The molecule has 5 rings (SSSR count). The molecule has 0 radical (unpaired) electrons. The maximum atomic E-state index is 3.50. The van der Waals surface area contributed by atoms with Gasteiger partial charge in [0.05, 0.1) is 0 Å². The Morgan fingerprint density at radius 3 is 1.83 bits per heavy atom. The van der Waals surface area contributed by atoms with Crippen molar-refractivity contribution in [1.29, 1.82) is 0 Å². The monoisotopic (exact) mass is 405 g/mol. The predicted molar refractivity (Wildman–Crippen MR) is 128 cm³/mol. The van der Waals surface area contributed by atoms with Crippen LogP contribution in [0.3, 0.4) is 0 Å². The molecule has 0 aliphatic rings. The Hall–Kier alpha value is -3.23. The molecule has 146 valence electrons. The highest BCUT2D eigenvalue weighted by molar-refractivity contribution is 7.99. The van der Waals surface area contributed by atoms with Gasteiger partial charge in [0.15, 0.2) is 0 Å². The molecule has 0 saturated heterocycles. The zero-order valence-corrected chi connectivity index (χ0v) is 17.4. The van der Waals surface area contributed by atoms with Gasteiger partial charge in [0, 0.05) is 33.2 Å². The van der Waals surface area contributed by atoms with Crippen molar-refractivity contribution >= 4 is 22.7 Å². The molecule has 4 aromatic carbocycles. The van der Waals surface area contributed by atoms with E-state index in [0.717, 1.165) is 0 Å². The lowest BCUT2D eigenvalue weighted by Gasteiger charge is -2.28. The summed E-state index contributed by atoms with van der Waals surface area (Å²) in [5, 5.41) is 1.54. The van der Waals surface area contributed by atoms with Gasteiger partial charge < -0.3 is 4.98 Å². The van der Waals surface area contributed by atoms with Crippen LogP contribution in [0.25, 0.3) is 10.9 Å². The van der Waals surface area contributed by atoms with Crippen LogP contribution in [0.2, 0.25) is 0 Å². The molecule has 0 fully saturated rings. The third kappa shape index (κ3) is 3.79. The van der Waals surface area contributed by atoms with E-state index in [-0.39, 0.29) is 11.2 Å². The van der Waals surface area contributed by atoms with Crippen molar-refractivity contribution in [3.05, 3.63) is 138 Å². The second kappa shape index (κ2) is 8.64. The number of aromatic amines is 1. The van der Waals surface area contributed by atoms with Crippen LogP contribution in [0.1, 0.15) is 27.9 Å². The minimum Gasteiger partial charge on any atom is -0.361 e. The average Bonchev–Trinajstić information content (AvgIpc) is 3.25. The number of thioether (sulfide) groups is 1. The van der Waals surface area contributed by atoms with Crippen molar-refractivity contribution < 1.29 is 0 Å². The molecule has 30 heavy (non-hydrogen) atoms. The predicted octanol–water partition coefficient (Wildman–Crippen LogP) is 7.83. The number of hydrogen-bond acceptors (Lipinski definition) is 1. The first-order valence-electron chi connectivity index (χ1n) is 10.3. The van der Waals surface area contributed by atoms with Crippen molar-refractivity contribution in [2.75, 3.05) is 0 Å². The summed E-state index contributed by atoms with van der Waals surface area (Å²) in [6.45, 7) is 0. The highest BCUT2D eigenvalue weighted by atomic mass is 32.2. The van der Waals surface area contributed by atoms with Crippen LogP contribution < -0.4 is 0 Å². The fraction of sp³-hybridized carbons (Fsp3) is 0.0714. The number of rotatable bonds is 6. The van der Waals surface area contributed by atoms with E-state index in [2.05, 4.69) is 126 Å². The van der Waals surface area contributed by atoms with Gasteiger partial charge in [-0.2, -0.15) is 0 Å². The molecule has 0 spiro atoms. The lowest BCUT2D eigenvalue weighted by Crippen LogP contribution is -2.10. The summed E-state index contributed by atoms with van der Waals surface area (Å²) in [7, 11) is 0. The van der Waals surface area contributed by atoms with Gasteiger partial charge in [0.2, 0.25) is 0 Å². The van der Waals surface area contributed by atoms with Gasteiger partial charge in [-0.15, -0.1) is 11.8 Å². The molecule has 0 aliphatic heterocycles. The summed E-state index contributed by atoms with van der Waals surface area (Å²) >= 11 is 1.94. The summed E-state index contributed by atoms with van der Waals surface area (Å²) in [6, 6.07) is 41.1. The summed E-state index contributed by atoms with van der Waals surface area (Å²) in [5.74, 6) is 0.218. The third-order valence-corrected chi connectivity index (χ3v) is 6.89. The molecule has 1 nitrogen and oxygen atoms in total. The van der Waals surface area contributed by atoms with Crippen LogP contribution >= 0.6 is 11.8 Å². The van der Waals surface area contributed by atoms with Crippen molar-refractivity contribution in [2.24, 2.45) is 0 Å². The number of benzene rings is 4. The van der Waals surface area contributed by atoms with E-state index in [9.17, 15) is 0 Å². The average molecular weight is 406 g/mol. The number of nitrogens with one attached hydrogen (secondary N) is 1. The normalized spacial score (nSPS) is 13.2. The Morgan fingerprint density at radius 2 is 1.13 bits per heavy atom. The Kier molecular flexibility index (Phi) is 5.41. The molecule has 0 unspecified atom stereocenters. The van der Waals surface area contributed by atoms with Gasteiger partial charge in [-0.25, -0.2) is 0 Å². The molecule has 1 N–H and O–H groups in total. The molecule has 0 aliphatic carbocycles. The first-order valence-corrected chi connectivity index (χ1v) is 11.2. The fourth-order valence-electron chi connectivity index (χ4n) is 4.15. The van der Waals surface area contributed by atoms with Crippen molar-refractivity contribution in [3.63, 3.8) is 0 Å². The van der Waals surface area contributed by atoms with Crippen LogP contribution in [-0.2, 0) is 0 Å². The first kappa shape index (κ1) is 18.8. The second-order valence-electron chi connectivity index (χ2n) is 7.44. The molecule has 0 saturated carbocycles. The standard InChI is InChI=1S/C28H23NS/c1-4-12-21(13-5-1)27(25-20-29-26-19-11-10-18-24(25)26)28(22-14-6-2-7-15-22)30-23-16-8-3-9-17-23/h1-20,27-29H/t27-,28+/m0/s1. The van der Waals surface area contributed by atoms with E-state index in [0.29, 0.717) is 0 Å². The van der Waals surface area contributed by atoms with Crippen molar-refractivity contribution in [2.45, 2.75) is 16.1 Å². The first-order chi connectivity index (χ1) is 14.9. The van der Waals surface area contributed by atoms with E-state index >= 15 is 0 Å². The molecule has 2 atom stereocenters. The van der Waals surface area contributed by atoms with Crippen LogP contribution in [0.4, 0.5) is 0 Å². The van der Waals surface area contributed by atoms with Crippen LogP contribution in [-0.4, -0.2) is 4.98 Å². The lowest BCUT2D eigenvalue weighted by molar-refractivity contribution is 0.791. The zero-order valence-electron chi connectivity index (χ0n) is 16.6. The molecule has 0 bridgehead atoms. The van der Waals surface area contributed by atoms with Gasteiger partial charge in [0.1, 0.15) is 0 Å². The van der Waals surface area contributed by atoms with Crippen LogP contribution in [0, 0.1) is 0 Å². The minimum absolute atomic E-state index is 0.218. The van der Waals surface area contributed by atoms with E-state index in [1.165, 1.54) is 32.5 Å². The second-order valence-corrected chi connectivity index (χ2v) is 8.66. The molecule has 1 aromatic heterocycles. The highest BCUT2D eigenvalue weighted by Crippen LogP contribution is 2.49. The summed E-state index contributed by atoms with van der Waals surface area (Å²) in [5.41, 5.74) is 5.20. The molecular formula is C28H23NS. The van der Waals surface area contributed by atoms with E-state index in [1.807, 2.05) is 11.8 Å². The smallest absolute Gasteiger partial charge is 0.0457 e. The molecule has 1 heterocycles. The Labute approximate surface area is 181 Å². The van der Waals surface area contributed by atoms with Gasteiger partial charge in [-0.3, -0.25) is 0 Å². The summed E-state index contributed by atoms with van der Waals surface area (Å²) in [6.07, 6.45) is 2.20. The van der Waals surface area contributed by atoms with E-state index in [4.69, 9.17) is 0 Å². The minimum atomic E-state index is 0.218. The van der Waals surface area contributed by atoms with Gasteiger partial charge >= 0.3 is 0 Å². The summed E-state index contributed by atoms with van der Waals surface area (Å²) < 4.78 is 0. The van der Waals surface area contributed by atoms with E-state index in [1.54, 1.807) is 0 Å². The molecule has 5 aromatic rings. The maximum Gasteiger partial charge on any atom is 0.0457 e. The third-order valence-electron chi connectivity index (χ3n) is 5.55. The fourth-order valence-corrected chi connectivity index (χ4v) is 5.49. The quantitative estimate of drug-likeness (QED) is 0.285. The summed E-state index contributed by atoms with van der Waals surface area (Å²) in [4.78, 5) is 4.78. The highest BCUT2D eigenvalue weighted by Gasteiger charge is 2.29. The van der Waals surface area contributed by atoms with Gasteiger partial charge in [0.25, 0.3) is 0 Å². The van der Waals surface area contributed by atoms with Crippen molar-refractivity contribution in [3.8, 4) is 0 Å². The largest absolute Gasteiger partial charge is 0.361 e. The Morgan fingerprint density at radius 1 is 0.567 bits per heavy atom. The Balaban J connectivity index is 1.70. The molecule has 0 amide bonds. The topological polar surface area (TPSA) is 15.8 Å². The van der Waals surface area contributed by atoms with Crippen LogP contribution in [0.15, 0.2) is 126 Å². The SMILES string of the molecule is c1ccc(S[C@H](c2ccccc2)[C@@H](c2ccccc2)c2c[nH]c3ccccc23)cc1. The van der Waals surface area contributed by atoms with Crippen LogP contribution in [0.5, 0.6) is 0 Å². The number of fused-ring (bicyclic) bond motifs is 1. The molecule has 2 heteroatoms. The Bertz CT molecular complexity index is 1210. The van der Waals surface area contributed by atoms with E-state index < -0.39 is 0 Å².